The van der Waals surface area contributed by atoms with E-state index in [1.54, 1.807) is 37.3 Å². The van der Waals surface area contributed by atoms with Crippen molar-refractivity contribution in [2.75, 3.05) is 20.3 Å². The highest BCUT2D eigenvalue weighted by Crippen LogP contribution is 2.36. The lowest BCUT2D eigenvalue weighted by molar-refractivity contribution is -0.385. The Morgan fingerprint density at radius 3 is 2.48 bits per heavy atom. The Bertz CT molecular complexity index is 1080. The van der Waals surface area contributed by atoms with Gasteiger partial charge in [0.25, 0.3) is 0 Å². The number of nitrogens with zero attached hydrogens (tertiary/aromatic N) is 1. The molecule has 0 radical (unpaired) electrons. The molecule has 0 saturated carbocycles. The van der Waals surface area contributed by atoms with E-state index in [0.717, 1.165) is 0 Å². The minimum absolute atomic E-state index is 0.114. The Morgan fingerprint density at radius 1 is 1.15 bits per heavy atom. The van der Waals surface area contributed by atoms with Crippen LogP contribution in [0, 0.1) is 10.1 Å². The number of urea groups is 1. The lowest BCUT2D eigenvalue weighted by Crippen LogP contribution is -2.45. The van der Waals surface area contributed by atoms with E-state index in [0.29, 0.717) is 29.9 Å². The van der Waals surface area contributed by atoms with Gasteiger partial charge in [-0.2, -0.15) is 0 Å². The predicted octanol–water partition coefficient (Wildman–Crippen LogP) is 3.72. The zero-order valence-electron chi connectivity index (χ0n) is 18.5. The summed E-state index contributed by atoms with van der Waals surface area (Å²) >= 11 is 0. The third-order valence-corrected chi connectivity index (χ3v) is 4.92. The maximum atomic E-state index is 13.0. The Morgan fingerprint density at radius 2 is 1.88 bits per heavy atom. The minimum atomic E-state index is -0.978. The zero-order valence-corrected chi connectivity index (χ0v) is 18.5. The van der Waals surface area contributed by atoms with E-state index in [1.165, 1.54) is 19.2 Å². The van der Waals surface area contributed by atoms with Gasteiger partial charge in [-0.1, -0.05) is 13.0 Å². The van der Waals surface area contributed by atoms with Gasteiger partial charge in [0.15, 0.2) is 5.75 Å². The first kappa shape index (κ1) is 23.6. The van der Waals surface area contributed by atoms with Crippen LogP contribution >= 0.6 is 0 Å². The fourth-order valence-electron chi connectivity index (χ4n) is 3.42. The third kappa shape index (κ3) is 5.22. The number of nitro groups is 1. The number of amides is 2. The largest absolute Gasteiger partial charge is 0.497 e. The van der Waals surface area contributed by atoms with Gasteiger partial charge < -0.3 is 24.8 Å². The van der Waals surface area contributed by atoms with E-state index in [2.05, 4.69) is 10.6 Å². The fourth-order valence-corrected chi connectivity index (χ4v) is 3.42. The van der Waals surface area contributed by atoms with Crippen LogP contribution in [0.2, 0.25) is 0 Å². The topological polar surface area (TPSA) is 129 Å². The summed E-state index contributed by atoms with van der Waals surface area (Å²) < 4.78 is 15.9. The van der Waals surface area contributed by atoms with Crippen molar-refractivity contribution in [3.05, 3.63) is 69.3 Å². The number of rotatable bonds is 9. The smallest absolute Gasteiger partial charge is 0.338 e. The zero-order chi connectivity index (χ0) is 24.0. The monoisotopic (exact) mass is 455 g/mol. The number of hydrogen-bond acceptors (Lipinski definition) is 7. The van der Waals surface area contributed by atoms with Crippen molar-refractivity contribution >= 4 is 23.4 Å². The summed E-state index contributed by atoms with van der Waals surface area (Å²) in [7, 11) is 1.53. The van der Waals surface area contributed by atoms with Crippen LogP contribution in [0.3, 0.4) is 0 Å². The van der Waals surface area contributed by atoms with Gasteiger partial charge in [0.1, 0.15) is 5.75 Å². The SMILES string of the molecule is CCCOc1ccc(C2NC(=O)NC(c3ccc(OC)cc3)=C2C(=O)OCC)cc1[N+](=O)[O-]. The minimum Gasteiger partial charge on any atom is -0.497 e. The Balaban J connectivity index is 2.15. The van der Waals surface area contributed by atoms with Gasteiger partial charge in [-0.25, -0.2) is 9.59 Å². The van der Waals surface area contributed by atoms with E-state index in [9.17, 15) is 19.7 Å². The number of nitrogens with one attached hydrogen (secondary N) is 2. The molecule has 0 spiro atoms. The molecule has 0 fully saturated rings. The Labute approximate surface area is 190 Å². The molecule has 0 bridgehead atoms. The van der Waals surface area contributed by atoms with Gasteiger partial charge in [-0.15, -0.1) is 0 Å². The molecule has 2 aromatic carbocycles. The quantitative estimate of drug-likeness (QED) is 0.335. The molecule has 1 unspecified atom stereocenters. The maximum absolute atomic E-state index is 13.0. The van der Waals surface area contributed by atoms with Crippen molar-refractivity contribution < 1.29 is 28.7 Å². The molecule has 0 aliphatic carbocycles. The second-order valence-corrected chi connectivity index (χ2v) is 7.10. The number of esters is 1. The standard InChI is InChI=1S/C23H25N3O7/c1-4-12-33-18-11-8-15(13-17(18)26(29)30)21-19(22(27)32-5-2)20(24-23(28)25-21)14-6-9-16(31-3)10-7-14/h6-11,13,21H,4-5,12H2,1-3H3,(H2,24,25,28). The van der Waals surface area contributed by atoms with Crippen LogP contribution < -0.4 is 20.1 Å². The number of nitro benzene ring substituents is 1. The van der Waals surface area contributed by atoms with Crippen LogP contribution in [0.1, 0.15) is 37.4 Å². The molecule has 2 N–H and O–H groups in total. The molecule has 0 aromatic heterocycles. The molecule has 2 aromatic rings. The number of carbonyl (C=O) groups excluding carboxylic acids is 2. The third-order valence-electron chi connectivity index (χ3n) is 4.92. The Hall–Kier alpha value is -4.08. The number of carbonyl (C=O) groups is 2. The summed E-state index contributed by atoms with van der Waals surface area (Å²) in [4.78, 5) is 36.6. The molecule has 10 nitrogen and oxygen atoms in total. The predicted molar refractivity (Wildman–Crippen MR) is 120 cm³/mol. The van der Waals surface area contributed by atoms with Crippen molar-refractivity contribution in [1.82, 2.24) is 10.6 Å². The van der Waals surface area contributed by atoms with Gasteiger partial charge >= 0.3 is 17.7 Å². The van der Waals surface area contributed by atoms with Crippen LogP contribution in [0.15, 0.2) is 48.0 Å². The maximum Gasteiger partial charge on any atom is 0.338 e. The summed E-state index contributed by atoms with van der Waals surface area (Å²) in [6, 6.07) is 9.58. The highest BCUT2D eigenvalue weighted by atomic mass is 16.6. The van der Waals surface area contributed by atoms with Crippen LogP contribution in [-0.2, 0) is 9.53 Å². The van der Waals surface area contributed by atoms with Gasteiger partial charge in [0.2, 0.25) is 0 Å². The fraction of sp³-hybridized carbons (Fsp3) is 0.304. The summed E-state index contributed by atoms with van der Waals surface area (Å²) in [6.45, 7) is 3.99. The molecule has 174 valence electrons. The van der Waals surface area contributed by atoms with E-state index in [-0.39, 0.29) is 29.3 Å². The van der Waals surface area contributed by atoms with E-state index < -0.39 is 23.0 Å². The van der Waals surface area contributed by atoms with Gasteiger partial charge in [0.05, 0.1) is 42.6 Å². The first-order chi connectivity index (χ1) is 15.9. The van der Waals surface area contributed by atoms with Crippen molar-refractivity contribution in [1.29, 1.82) is 0 Å². The van der Waals surface area contributed by atoms with Crippen molar-refractivity contribution in [3.8, 4) is 11.5 Å². The summed E-state index contributed by atoms with van der Waals surface area (Å²) in [6.07, 6.45) is 0.685. The second-order valence-electron chi connectivity index (χ2n) is 7.10. The number of methoxy groups -OCH3 is 1. The lowest BCUT2D eigenvalue weighted by atomic mass is 9.92. The summed E-state index contributed by atoms with van der Waals surface area (Å²) in [5, 5.41) is 17.0. The molecular weight excluding hydrogens is 430 g/mol. The van der Waals surface area contributed by atoms with E-state index >= 15 is 0 Å². The molecule has 0 saturated heterocycles. The van der Waals surface area contributed by atoms with Crippen molar-refractivity contribution in [2.24, 2.45) is 0 Å². The van der Waals surface area contributed by atoms with Crippen molar-refractivity contribution in [3.63, 3.8) is 0 Å². The van der Waals surface area contributed by atoms with Crippen LogP contribution in [-0.4, -0.2) is 37.2 Å². The lowest BCUT2D eigenvalue weighted by Gasteiger charge is -2.29. The Kier molecular flexibility index (Phi) is 7.50. The molecule has 1 heterocycles. The second kappa shape index (κ2) is 10.5. The van der Waals surface area contributed by atoms with Crippen LogP contribution in [0.5, 0.6) is 11.5 Å². The number of benzene rings is 2. The highest BCUT2D eigenvalue weighted by Gasteiger charge is 2.35. The first-order valence-electron chi connectivity index (χ1n) is 10.4. The molecule has 1 atom stereocenters. The average molecular weight is 455 g/mol. The van der Waals surface area contributed by atoms with Crippen LogP contribution in [0.25, 0.3) is 5.70 Å². The molecule has 33 heavy (non-hydrogen) atoms. The van der Waals surface area contributed by atoms with Gasteiger partial charge in [0, 0.05) is 6.07 Å². The molecular formula is C23H25N3O7. The molecule has 2 amide bonds. The van der Waals surface area contributed by atoms with Crippen LogP contribution in [0.4, 0.5) is 10.5 Å². The molecule has 1 aliphatic heterocycles. The first-order valence-corrected chi connectivity index (χ1v) is 10.4. The molecule has 1 aliphatic rings. The van der Waals surface area contributed by atoms with Gasteiger partial charge in [-0.3, -0.25) is 10.1 Å². The van der Waals surface area contributed by atoms with E-state index in [4.69, 9.17) is 14.2 Å². The average Bonchev–Trinajstić information content (AvgIpc) is 2.82. The van der Waals surface area contributed by atoms with Gasteiger partial charge in [-0.05, 0) is 54.8 Å². The van der Waals surface area contributed by atoms with Crippen molar-refractivity contribution in [2.45, 2.75) is 26.3 Å². The van der Waals surface area contributed by atoms with E-state index in [1.807, 2.05) is 6.92 Å². The molecule has 3 rings (SSSR count). The summed E-state index contributed by atoms with van der Waals surface area (Å²) in [5.74, 6) is 0.0600. The number of ether oxygens (including phenoxy) is 3. The molecule has 10 heteroatoms. The normalized spacial score (nSPS) is 15.4. The highest BCUT2D eigenvalue weighted by molar-refractivity contribution is 6.04. The summed E-state index contributed by atoms with van der Waals surface area (Å²) in [5.41, 5.74) is 1.01. The number of hydrogen-bond donors (Lipinski definition) is 2.